The van der Waals surface area contributed by atoms with Gasteiger partial charge in [0, 0.05) is 14.1 Å². The minimum Gasteiger partial charge on any atom is -0.452 e. The molecule has 4 heteroatoms. The summed E-state index contributed by atoms with van der Waals surface area (Å²) in [7, 11) is 3.89. The zero-order chi connectivity index (χ0) is 7.84. The summed E-state index contributed by atoms with van der Waals surface area (Å²) in [6, 6.07) is 0. The second kappa shape index (κ2) is 2.08. The average molecular weight is 154 g/mol. The molecule has 11 heavy (non-hydrogen) atoms. The van der Waals surface area contributed by atoms with E-state index in [-0.39, 0.29) is 0 Å². The quantitative estimate of drug-likeness (QED) is 0.506. The van der Waals surface area contributed by atoms with Gasteiger partial charge in [0.2, 0.25) is 6.79 Å². The molecule has 0 spiro atoms. The molecule has 2 heterocycles. The van der Waals surface area contributed by atoms with Gasteiger partial charge in [0.25, 0.3) is 0 Å². The molecule has 0 radical (unpaired) electrons. The van der Waals surface area contributed by atoms with Crippen molar-refractivity contribution in [3.8, 4) is 0 Å². The predicted molar refractivity (Wildman–Crippen MR) is 38.7 cm³/mol. The first-order valence-electron chi connectivity index (χ1n) is 3.42. The smallest absolute Gasteiger partial charge is 0.231 e. The van der Waals surface area contributed by atoms with Gasteiger partial charge in [-0.05, 0) is 0 Å². The number of rotatable bonds is 0. The molecule has 0 aliphatic carbocycles. The van der Waals surface area contributed by atoms with Gasteiger partial charge >= 0.3 is 0 Å². The number of hydrazine groups is 1. The highest BCUT2D eigenvalue weighted by Gasteiger charge is 2.22. The molecule has 4 nitrogen and oxygen atoms in total. The monoisotopic (exact) mass is 154 g/mol. The van der Waals surface area contributed by atoms with Crippen molar-refractivity contribution in [3.05, 3.63) is 23.9 Å². The highest BCUT2D eigenvalue weighted by Crippen LogP contribution is 2.25. The highest BCUT2D eigenvalue weighted by molar-refractivity contribution is 5.23. The first-order valence-corrected chi connectivity index (χ1v) is 3.42. The van der Waals surface area contributed by atoms with Gasteiger partial charge in [0.05, 0.1) is 12.4 Å². The first kappa shape index (κ1) is 6.39. The van der Waals surface area contributed by atoms with Gasteiger partial charge in [0.1, 0.15) is 0 Å². The predicted octanol–water partition coefficient (Wildman–Crippen LogP) is 0.466. The van der Waals surface area contributed by atoms with E-state index in [2.05, 4.69) is 0 Å². The fraction of sp³-hybridized carbons (Fsp3) is 0.429. The Morgan fingerprint density at radius 1 is 1.09 bits per heavy atom. The second-order valence-corrected chi connectivity index (χ2v) is 2.54. The Morgan fingerprint density at radius 2 is 1.55 bits per heavy atom. The lowest BCUT2D eigenvalue weighted by Crippen LogP contribution is -2.30. The molecule has 0 atom stereocenters. The summed E-state index contributed by atoms with van der Waals surface area (Å²) in [5.41, 5.74) is 0. The molecule has 2 aliphatic rings. The van der Waals surface area contributed by atoms with Crippen LogP contribution in [0.4, 0.5) is 0 Å². The van der Waals surface area contributed by atoms with E-state index in [0.717, 1.165) is 11.5 Å². The van der Waals surface area contributed by atoms with Crippen LogP contribution in [0.2, 0.25) is 0 Å². The zero-order valence-electron chi connectivity index (χ0n) is 6.57. The lowest BCUT2D eigenvalue weighted by Gasteiger charge is -2.28. The molecule has 0 amide bonds. The van der Waals surface area contributed by atoms with E-state index in [4.69, 9.17) is 9.47 Å². The third-order valence-corrected chi connectivity index (χ3v) is 1.78. The van der Waals surface area contributed by atoms with Crippen LogP contribution in [0.3, 0.4) is 0 Å². The van der Waals surface area contributed by atoms with Gasteiger partial charge in [-0.2, -0.15) is 0 Å². The summed E-state index contributed by atoms with van der Waals surface area (Å²) < 4.78 is 10.4. The highest BCUT2D eigenvalue weighted by atomic mass is 16.7. The largest absolute Gasteiger partial charge is 0.452 e. The molecule has 0 N–H and O–H groups in total. The van der Waals surface area contributed by atoms with Crippen LogP contribution in [0, 0.1) is 0 Å². The SMILES string of the molecule is CN1C=C2OCOC2=CN1C. The molecule has 1 saturated heterocycles. The molecule has 0 aromatic carbocycles. The molecule has 1 fully saturated rings. The van der Waals surface area contributed by atoms with E-state index in [9.17, 15) is 0 Å². The van der Waals surface area contributed by atoms with Gasteiger partial charge in [-0.3, -0.25) is 10.0 Å². The van der Waals surface area contributed by atoms with E-state index < -0.39 is 0 Å². The standard InChI is InChI=1S/C7H10N2O2/c1-8-3-6-7(4-9(8)2)11-5-10-6/h3-4H,5H2,1-2H3. The van der Waals surface area contributed by atoms with Gasteiger partial charge in [-0.1, -0.05) is 0 Å². The molecule has 0 unspecified atom stereocenters. The molecule has 0 aromatic rings. The molecule has 0 saturated carbocycles. The van der Waals surface area contributed by atoms with Crippen LogP contribution in [0.25, 0.3) is 0 Å². The van der Waals surface area contributed by atoms with Crippen molar-refractivity contribution in [2.24, 2.45) is 0 Å². The Kier molecular flexibility index (Phi) is 1.21. The van der Waals surface area contributed by atoms with Crippen LogP contribution in [0.5, 0.6) is 0 Å². The summed E-state index contributed by atoms with van der Waals surface area (Å²) in [6.07, 6.45) is 3.78. The number of fused-ring (bicyclic) bond motifs is 1. The summed E-state index contributed by atoms with van der Waals surface area (Å²) >= 11 is 0. The number of ether oxygens (including phenoxy) is 2. The van der Waals surface area contributed by atoms with Crippen molar-refractivity contribution in [1.82, 2.24) is 10.0 Å². The summed E-state index contributed by atoms with van der Waals surface area (Å²) in [5, 5.41) is 3.85. The molecule has 2 aliphatic heterocycles. The molecule has 2 rings (SSSR count). The number of nitrogens with zero attached hydrogens (tertiary/aromatic N) is 2. The van der Waals surface area contributed by atoms with Crippen molar-refractivity contribution in [2.45, 2.75) is 0 Å². The summed E-state index contributed by atoms with van der Waals surface area (Å²) in [5.74, 6) is 1.62. The van der Waals surface area contributed by atoms with Crippen LogP contribution in [0.1, 0.15) is 0 Å². The van der Waals surface area contributed by atoms with Crippen molar-refractivity contribution >= 4 is 0 Å². The van der Waals surface area contributed by atoms with Crippen LogP contribution in [-0.2, 0) is 9.47 Å². The molecule has 60 valence electrons. The van der Waals surface area contributed by atoms with Gasteiger partial charge in [0.15, 0.2) is 11.5 Å². The van der Waals surface area contributed by atoms with Gasteiger partial charge < -0.3 is 9.47 Å². The maximum atomic E-state index is 5.18. The van der Waals surface area contributed by atoms with Gasteiger partial charge in [-0.25, -0.2) is 0 Å². The lowest BCUT2D eigenvalue weighted by atomic mass is 10.4. The molecular weight excluding hydrogens is 144 g/mol. The first-order chi connectivity index (χ1) is 5.27. The van der Waals surface area contributed by atoms with Crippen LogP contribution >= 0.6 is 0 Å². The third-order valence-electron chi connectivity index (χ3n) is 1.78. The normalized spacial score (nSPS) is 21.6. The lowest BCUT2D eigenvalue weighted by molar-refractivity contribution is 0.0975. The van der Waals surface area contributed by atoms with Crippen molar-refractivity contribution < 1.29 is 9.47 Å². The van der Waals surface area contributed by atoms with Crippen LogP contribution in [-0.4, -0.2) is 30.9 Å². The molecule has 0 aromatic heterocycles. The van der Waals surface area contributed by atoms with Crippen molar-refractivity contribution in [3.63, 3.8) is 0 Å². The Balaban J connectivity index is 2.29. The minimum absolute atomic E-state index is 0.333. The minimum atomic E-state index is 0.333. The number of hydrogen-bond acceptors (Lipinski definition) is 4. The second-order valence-electron chi connectivity index (χ2n) is 2.54. The van der Waals surface area contributed by atoms with E-state index >= 15 is 0 Å². The van der Waals surface area contributed by atoms with Crippen molar-refractivity contribution in [1.29, 1.82) is 0 Å². The fourth-order valence-electron chi connectivity index (χ4n) is 1.02. The average Bonchev–Trinajstić information content (AvgIpc) is 2.36. The molecule has 0 bridgehead atoms. The molecular formula is C7H10N2O2. The summed E-state index contributed by atoms with van der Waals surface area (Å²) in [6.45, 7) is 0.333. The van der Waals surface area contributed by atoms with Crippen LogP contribution in [0.15, 0.2) is 23.9 Å². The Labute approximate surface area is 65.3 Å². The van der Waals surface area contributed by atoms with E-state index in [1.165, 1.54) is 0 Å². The maximum Gasteiger partial charge on any atom is 0.231 e. The van der Waals surface area contributed by atoms with E-state index in [1.807, 2.05) is 36.5 Å². The van der Waals surface area contributed by atoms with Gasteiger partial charge in [-0.15, -0.1) is 0 Å². The maximum absolute atomic E-state index is 5.18. The fourth-order valence-corrected chi connectivity index (χ4v) is 1.02. The van der Waals surface area contributed by atoms with E-state index in [0.29, 0.717) is 6.79 Å². The zero-order valence-corrected chi connectivity index (χ0v) is 6.57. The Bertz CT molecular complexity index is 211. The third kappa shape index (κ3) is 0.906. The topological polar surface area (TPSA) is 24.9 Å². The number of hydrogen-bond donors (Lipinski definition) is 0. The Hall–Kier alpha value is -1.32. The Morgan fingerprint density at radius 3 is 2.00 bits per heavy atom. The van der Waals surface area contributed by atoms with E-state index in [1.54, 1.807) is 0 Å². The van der Waals surface area contributed by atoms with Crippen LogP contribution < -0.4 is 0 Å². The van der Waals surface area contributed by atoms with Crippen molar-refractivity contribution in [2.75, 3.05) is 20.9 Å². The summed E-state index contributed by atoms with van der Waals surface area (Å²) in [4.78, 5) is 0.